The van der Waals surface area contributed by atoms with E-state index in [1.54, 1.807) is 11.3 Å². The van der Waals surface area contributed by atoms with Crippen LogP contribution in [0.3, 0.4) is 0 Å². The minimum Gasteiger partial charge on any atom is -0.376 e. The average Bonchev–Trinajstić information content (AvgIpc) is 2.61. The Balaban J connectivity index is 2.21. The lowest BCUT2D eigenvalue weighted by Crippen LogP contribution is -2.21. The third kappa shape index (κ3) is 1.85. The zero-order valence-electron chi connectivity index (χ0n) is 7.49. The molecule has 1 amide bonds. The van der Waals surface area contributed by atoms with Gasteiger partial charge < -0.3 is 11.1 Å². The Hall–Kier alpha value is -1.55. The van der Waals surface area contributed by atoms with Crippen molar-refractivity contribution in [2.24, 2.45) is 5.73 Å². The second-order valence-corrected chi connectivity index (χ2v) is 3.94. The Bertz CT molecular complexity index is 464. The fourth-order valence-electron chi connectivity index (χ4n) is 1.27. The van der Waals surface area contributed by atoms with E-state index in [-0.39, 0.29) is 12.5 Å². The van der Waals surface area contributed by atoms with Gasteiger partial charge in [0.25, 0.3) is 0 Å². The number of amides is 1. The highest BCUT2D eigenvalue weighted by molar-refractivity contribution is 7.17. The SMILES string of the molecule is NC(=O)CNc1ccc2sccc2c1. The van der Waals surface area contributed by atoms with E-state index in [0.29, 0.717) is 0 Å². The number of rotatable bonds is 3. The van der Waals surface area contributed by atoms with Crippen LogP contribution in [0, 0.1) is 0 Å². The van der Waals surface area contributed by atoms with Gasteiger partial charge in [-0.1, -0.05) is 0 Å². The Morgan fingerprint density at radius 3 is 3.07 bits per heavy atom. The molecule has 0 aliphatic heterocycles. The topological polar surface area (TPSA) is 55.1 Å². The zero-order valence-corrected chi connectivity index (χ0v) is 8.30. The van der Waals surface area contributed by atoms with Crippen LogP contribution in [-0.4, -0.2) is 12.5 Å². The standard InChI is InChI=1S/C10H10N2OS/c11-10(13)6-12-8-1-2-9-7(5-8)3-4-14-9/h1-5,12H,6H2,(H2,11,13). The molecule has 2 rings (SSSR count). The van der Waals surface area contributed by atoms with Crippen LogP contribution in [0.15, 0.2) is 29.6 Å². The van der Waals surface area contributed by atoms with Crippen LogP contribution in [0.5, 0.6) is 0 Å². The Labute approximate surface area is 85.5 Å². The van der Waals surface area contributed by atoms with E-state index >= 15 is 0 Å². The van der Waals surface area contributed by atoms with Gasteiger partial charge in [0.2, 0.25) is 5.91 Å². The van der Waals surface area contributed by atoms with Gasteiger partial charge >= 0.3 is 0 Å². The molecule has 0 unspecified atom stereocenters. The lowest BCUT2D eigenvalue weighted by molar-refractivity contribution is -0.116. The van der Waals surface area contributed by atoms with Crippen molar-refractivity contribution in [3.05, 3.63) is 29.6 Å². The largest absolute Gasteiger partial charge is 0.376 e. The first-order chi connectivity index (χ1) is 6.75. The maximum Gasteiger partial charge on any atom is 0.236 e. The summed E-state index contributed by atoms with van der Waals surface area (Å²) in [7, 11) is 0. The minimum absolute atomic E-state index is 0.176. The first-order valence-corrected chi connectivity index (χ1v) is 5.13. The number of nitrogens with one attached hydrogen (secondary N) is 1. The molecular formula is C10H10N2OS. The fraction of sp³-hybridized carbons (Fsp3) is 0.100. The van der Waals surface area contributed by atoms with Crippen molar-refractivity contribution in [1.82, 2.24) is 0 Å². The van der Waals surface area contributed by atoms with E-state index in [1.165, 1.54) is 10.1 Å². The molecule has 0 fully saturated rings. The number of fused-ring (bicyclic) bond motifs is 1. The molecule has 72 valence electrons. The molecule has 0 bridgehead atoms. The third-order valence-corrected chi connectivity index (χ3v) is 2.82. The van der Waals surface area contributed by atoms with Crippen molar-refractivity contribution in [1.29, 1.82) is 0 Å². The molecule has 1 heterocycles. The van der Waals surface area contributed by atoms with Gasteiger partial charge in [-0.2, -0.15) is 0 Å². The molecule has 0 radical (unpaired) electrons. The van der Waals surface area contributed by atoms with E-state index in [4.69, 9.17) is 5.73 Å². The lowest BCUT2D eigenvalue weighted by atomic mass is 10.2. The normalized spacial score (nSPS) is 10.3. The Morgan fingerprint density at radius 2 is 2.29 bits per heavy atom. The predicted octanol–water partition coefficient (Wildman–Crippen LogP) is 1.80. The van der Waals surface area contributed by atoms with Crippen molar-refractivity contribution >= 4 is 33.0 Å². The number of thiophene rings is 1. The molecule has 2 aromatic rings. The highest BCUT2D eigenvalue weighted by Gasteiger charge is 1.98. The molecule has 1 aromatic carbocycles. The summed E-state index contributed by atoms with van der Waals surface area (Å²) in [5.41, 5.74) is 5.96. The fourth-order valence-corrected chi connectivity index (χ4v) is 2.04. The molecule has 1 aromatic heterocycles. The Morgan fingerprint density at radius 1 is 1.43 bits per heavy atom. The molecule has 0 aliphatic carbocycles. The summed E-state index contributed by atoms with van der Waals surface area (Å²) in [4.78, 5) is 10.5. The van der Waals surface area contributed by atoms with Crippen molar-refractivity contribution in [2.45, 2.75) is 0 Å². The second kappa shape index (κ2) is 3.67. The van der Waals surface area contributed by atoms with Gasteiger partial charge in [-0.3, -0.25) is 4.79 Å². The minimum atomic E-state index is -0.351. The van der Waals surface area contributed by atoms with Gasteiger partial charge in [0.1, 0.15) is 0 Å². The quantitative estimate of drug-likeness (QED) is 0.804. The summed E-state index contributed by atoms with van der Waals surface area (Å²) in [6, 6.07) is 8.04. The van der Waals surface area contributed by atoms with Crippen LogP contribution >= 0.6 is 11.3 Å². The van der Waals surface area contributed by atoms with Crippen LogP contribution < -0.4 is 11.1 Å². The Kier molecular flexibility index (Phi) is 2.37. The number of nitrogens with two attached hydrogens (primary N) is 1. The maximum absolute atomic E-state index is 10.5. The smallest absolute Gasteiger partial charge is 0.236 e. The van der Waals surface area contributed by atoms with E-state index in [9.17, 15) is 4.79 Å². The lowest BCUT2D eigenvalue weighted by Gasteiger charge is -2.02. The van der Waals surface area contributed by atoms with E-state index < -0.39 is 0 Å². The summed E-state index contributed by atoms with van der Waals surface area (Å²) >= 11 is 1.70. The van der Waals surface area contributed by atoms with Crippen LogP contribution in [0.2, 0.25) is 0 Å². The molecular weight excluding hydrogens is 196 g/mol. The second-order valence-electron chi connectivity index (χ2n) is 2.99. The summed E-state index contributed by atoms with van der Waals surface area (Å²) < 4.78 is 1.25. The summed E-state index contributed by atoms with van der Waals surface area (Å²) in [5.74, 6) is -0.351. The van der Waals surface area contributed by atoms with Gasteiger partial charge in [0, 0.05) is 10.4 Å². The number of carbonyl (C=O) groups excluding carboxylic acids is 1. The van der Waals surface area contributed by atoms with Gasteiger partial charge in [-0.15, -0.1) is 11.3 Å². The number of benzene rings is 1. The summed E-state index contributed by atoms with van der Waals surface area (Å²) in [6.45, 7) is 0.176. The number of carbonyl (C=O) groups is 1. The van der Waals surface area contributed by atoms with Crippen molar-refractivity contribution in [3.8, 4) is 0 Å². The first-order valence-electron chi connectivity index (χ1n) is 4.25. The molecule has 4 heteroatoms. The van der Waals surface area contributed by atoms with Crippen LogP contribution in [0.4, 0.5) is 5.69 Å². The van der Waals surface area contributed by atoms with Crippen LogP contribution in [-0.2, 0) is 4.79 Å². The monoisotopic (exact) mass is 206 g/mol. The highest BCUT2D eigenvalue weighted by Crippen LogP contribution is 2.23. The molecule has 14 heavy (non-hydrogen) atoms. The number of hydrogen-bond acceptors (Lipinski definition) is 3. The van der Waals surface area contributed by atoms with Gasteiger partial charge in [0.05, 0.1) is 6.54 Å². The average molecular weight is 206 g/mol. The summed E-state index contributed by atoms with van der Waals surface area (Å²) in [6.07, 6.45) is 0. The highest BCUT2D eigenvalue weighted by atomic mass is 32.1. The van der Waals surface area contributed by atoms with E-state index in [2.05, 4.69) is 11.4 Å². The molecule has 0 aliphatic rings. The molecule has 0 spiro atoms. The molecule has 0 atom stereocenters. The van der Waals surface area contributed by atoms with Gasteiger partial charge in [0.15, 0.2) is 0 Å². The van der Waals surface area contributed by atoms with Crippen molar-refractivity contribution in [3.63, 3.8) is 0 Å². The number of hydrogen-bond donors (Lipinski definition) is 2. The van der Waals surface area contributed by atoms with Crippen LogP contribution in [0.25, 0.3) is 10.1 Å². The van der Waals surface area contributed by atoms with Gasteiger partial charge in [-0.05, 0) is 35.0 Å². The molecule has 3 nitrogen and oxygen atoms in total. The van der Waals surface area contributed by atoms with E-state index in [1.807, 2.05) is 23.6 Å². The van der Waals surface area contributed by atoms with Crippen molar-refractivity contribution in [2.75, 3.05) is 11.9 Å². The first kappa shape index (κ1) is 9.02. The molecule has 3 N–H and O–H groups in total. The number of primary amides is 1. The van der Waals surface area contributed by atoms with E-state index in [0.717, 1.165) is 5.69 Å². The van der Waals surface area contributed by atoms with Gasteiger partial charge in [-0.25, -0.2) is 0 Å². The summed E-state index contributed by atoms with van der Waals surface area (Å²) in [5, 5.41) is 6.18. The molecule has 0 saturated carbocycles. The maximum atomic E-state index is 10.5. The number of anilines is 1. The van der Waals surface area contributed by atoms with Crippen LogP contribution in [0.1, 0.15) is 0 Å². The molecule has 0 saturated heterocycles. The zero-order chi connectivity index (χ0) is 9.97. The third-order valence-electron chi connectivity index (χ3n) is 1.92. The van der Waals surface area contributed by atoms with Crippen molar-refractivity contribution < 1.29 is 4.79 Å². The predicted molar refractivity (Wildman–Crippen MR) is 59.5 cm³/mol.